The van der Waals surface area contributed by atoms with E-state index in [1.165, 1.54) is 30.3 Å². The van der Waals surface area contributed by atoms with E-state index < -0.39 is 5.82 Å². The van der Waals surface area contributed by atoms with Gasteiger partial charge in [-0.25, -0.2) is 13.6 Å². The summed E-state index contributed by atoms with van der Waals surface area (Å²) in [6.07, 6.45) is 0.660. The zero-order valence-electron chi connectivity index (χ0n) is 12.4. The lowest BCUT2D eigenvalue weighted by atomic mass is 9.95. The quantitative estimate of drug-likeness (QED) is 0.811. The van der Waals surface area contributed by atoms with Gasteiger partial charge >= 0.3 is 6.03 Å². The lowest BCUT2D eigenvalue weighted by Gasteiger charge is -2.35. The van der Waals surface area contributed by atoms with Crippen molar-refractivity contribution in [2.24, 2.45) is 0 Å². The Labute approximate surface area is 137 Å². The molecule has 6 heteroatoms. The molecule has 0 aromatic heterocycles. The van der Waals surface area contributed by atoms with Gasteiger partial charge in [0.05, 0.1) is 5.02 Å². The molecule has 0 saturated carbocycles. The number of carbonyl (C=O) groups excluding carboxylic acids is 1. The highest BCUT2D eigenvalue weighted by atomic mass is 35.5. The molecule has 0 radical (unpaired) electrons. The molecule has 1 heterocycles. The molecule has 3 rings (SSSR count). The number of amides is 2. The number of hydrogen-bond donors (Lipinski definition) is 1. The van der Waals surface area contributed by atoms with E-state index in [1.807, 2.05) is 6.92 Å². The maximum Gasteiger partial charge on any atom is 0.322 e. The zero-order valence-corrected chi connectivity index (χ0v) is 13.2. The van der Waals surface area contributed by atoms with E-state index in [0.717, 1.165) is 11.1 Å². The lowest BCUT2D eigenvalue weighted by molar-refractivity contribution is 0.182. The second-order valence-corrected chi connectivity index (χ2v) is 6.06. The van der Waals surface area contributed by atoms with Crippen LogP contribution in [0, 0.1) is 11.6 Å². The molecular weight excluding hydrogens is 322 g/mol. The maximum absolute atomic E-state index is 13.4. The molecule has 0 fully saturated rings. The van der Waals surface area contributed by atoms with Gasteiger partial charge in [-0.15, -0.1) is 0 Å². The summed E-state index contributed by atoms with van der Waals surface area (Å²) in [5.41, 5.74) is 2.27. The van der Waals surface area contributed by atoms with Crippen molar-refractivity contribution in [3.63, 3.8) is 0 Å². The van der Waals surface area contributed by atoms with Gasteiger partial charge in [0.2, 0.25) is 0 Å². The van der Waals surface area contributed by atoms with Crippen molar-refractivity contribution in [1.29, 1.82) is 0 Å². The lowest BCUT2D eigenvalue weighted by Crippen LogP contribution is -2.44. The van der Waals surface area contributed by atoms with Crippen LogP contribution in [-0.2, 0) is 13.0 Å². The summed E-state index contributed by atoms with van der Waals surface area (Å²) in [5, 5.41) is 2.64. The number of hydrogen-bond acceptors (Lipinski definition) is 1. The minimum absolute atomic E-state index is 0.0242. The van der Waals surface area contributed by atoms with Gasteiger partial charge in [-0.3, -0.25) is 0 Å². The fourth-order valence-electron chi connectivity index (χ4n) is 2.75. The second-order valence-electron chi connectivity index (χ2n) is 5.65. The van der Waals surface area contributed by atoms with Crippen molar-refractivity contribution in [2.75, 3.05) is 5.32 Å². The summed E-state index contributed by atoms with van der Waals surface area (Å²) in [5.74, 6) is -0.857. The van der Waals surface area contributed by atoms with Crippen LogP contribution >= 0.6 is 11.6 Å². The number of fused-ring (bicyclic) bond motifs is 1. The van der Waals surface area contributed by atoms with E-state index in [2.05, 4.69) is 5.32 Å². The standard InChI is InChI=1S/C17H15ClF2N2O/c1-10-6-11-2-3-13(19)7-12(11)9-22(10)17(23)21-14-4-5-16(20)15(18)8-14/h2-5,7-8,10H,6,9H2,1H3,(H,21,23)/t10-/m1/s1. The van der Waals surface area contributed by atoms with Crippen LogP contribution in [0.15, 0.2) is 36.4 Å². The highest BCUT2D eigenvalue weighted by molar-refractivity contribution is 6.31. The molecule has 0 aliphatic carbocycles. The monoisotopic (exact) mass is 336 g/mol. The van der Waals surface area contributed by atoms with Gasteiger partial charge in [0.25, 0.3) is 0 Å². The van der Waals surface area contributed by atoms with Crippen molar-refractivity contribution in [1.82, 2.24) is 4.90 Å². The van der Waals surface area contributed by atoms with Crippen LogP contribution in [0.3, 0.4) is 0 Å². The minimum atomic E-state index is -0.541. The Morgan fingerprint density at radius 3 is 2.74 bits per heavy atom. The average molecular weight is 337 g/mol. The van der Waals surface area contributed by atoms with Crippen LogP contribution < -0.4 is 5.32 Å². The van der Waals surface area contributed by atoms with E-state index in [9.17, 15) is 13.6 Å². The molecule has 3 nitrogen and oxygen atoms in total. The molecule has 23 heavy (non-hydrogen) atoms. The predicted molar refractivity (Wildman–Crippen MR) is 85.5 cm³/mol. The first-order valence-electron chi connectivity index (χ1n) is 7.24. The van der Waals surface area contributed by atoms with Crippen molar-refractivity contribution in [3.05, 3.63) is 64.2 Å². The first kappa shape index (κ1) is 15.7. The molecule has 1 atom stereocenters. The highest BCUT2D eigenvalue weighted by Gasteiger charge is 2.27. The van der Waals surface area contributed by atoms with Crippen LogP contribution in [0.25, 0.3) is 0 Å². The summed E-state index contributed by atoms with van der Waals surface area (Å²) in [4.78, 5) is 14.1. The summed E-state index contributed by atoms with van der Waals surface area (Å²) in [6, 6.07) is 8.30. The smallest absolute Gasteiger partial charge is 0.317 e. The topological polar surface area (TPSA) is 32.3 Å². The van der Waals surface area contributed by atoms with Crippen molar-refractivity contribution in [3.8, 4) is 0 Å². The summed E-state index contributed by atoms with van der Waals surface area (Å²) in [6.45, 7) is 2.26. The van der Waals surface area contributed by atoms with Crippen molar-refractivity contribution in [2.45, 2.75) is 25.9 Å². The normalized spacial score (nSPS) is 16.9. The van der Waals surface area contributed by atoms with Gasteiger partial charge in [-0.05, 0) is 54.8 Å². The molecular formula is C17H15ClF2N2O. The van der Waals surface area contributed by atoms with Gasteiger partial charge in [-0.2, -0.15) is 0 Å². The minimum Gasteiger partial charge on any atom is -0.317 e. The predicted octanol–water partition coefficient (Wildman–Crippen LogP) is 4.60. The highest BCUT2D eigenvalue weighted by Crippen LogP contribution is 2.25. The van der Waals surface area contributed by atoms with Crippen LogP contribution in [0.1, 0.15) is 18.1 Å². The SMILES string of the molecule is C[C@@H]1Cc2ccc(F)cc2CN1C(=O)Nc1ccc(F)c(Cl)c1. The Kier molecular flexibility index (Phi) is 4.22. The first-order valence-corrected chi connectivity index (χ1v) is 7.62. The zero-order chi connectivity index (χ0) is 16.6. The molecule has 1 N–H and O–H groups in total. The molecule has 2 amide bonds. The Morgan fingerprint density at radius 1 is 1.22 bits per heavy atom. The molecule has 1 aliphatic rings. The van der Waals surface area contributed by atoms with Gasteiger partial charge in [0, 0.05) is 18.3 Å². The largest absolute Gasteiger partial charge is 0.322 e. The van der Waals surface area contributed by atoms with E-state index in [0.29, 0.717) is 18.7 Å². The van der Waals surface area contributed by atoms with Gasteiger partial charge in [-0.1, -0.05) is 17.7 Å². The molecule has 2 aromatic rings. The second kappa shape index (κ2) is 6.16. The molecule has 0 unspecified atom stereocenters. The average Bonchev–Trinajstić information content (AvgIpc) is 2.50. The summed E-state index contributed by atoms with van der Waals surface area (Å²) < 4.78 is 26.5. The Hall–Kier alpha value is -2.14. The van der Waals surface area contributed by atoms with E-state index in [4.69, 9.17) is 11.6 Å². The van der Waals surface area contributed by atoms with Crippen LogP contribution in [-0.4, -0.2) is 17.0 Å². The maximum atomic E-state index is 13.4. The summed E-state index contributed by atoms with van der Waals surface area (Å²) in [7, 11) is 0. The number of nitrogens with zero attached hydrogens (tertiary/aromatic N) is 1. The molecule has 0 spiro atoms. The number of rotatable bonds is 1. The Balaban J connectivity index is 1.78. The molecule has 0 bridgehead atoms. The fourth-order valence-corrected chi connectivity index (χ4v) is 2.93. The molecule has 2 aromatic carbocycles. The number of carbonyl (C=O) groups is 1. The number of anilines is 1. The third kappa shape index (κ3) is 3.29. The van der Waals surface area contributed by atoms with E-state index in [1.54, 1.807) is 11.0 Å². The first-order chi connectivity index (χ1) is 10.9. The van der Waals surface area contributed by atoms with Crippen molar-refractivity contribution >= 4 is 23.3 Å². The number of halogens is 3. The summed E-state index contributed by atoms with van der Waals surface area (Å²) >= 11 is 5.71. The Morgan fingerprint density at radius 2 is 2.00 bits per heavy atom. The van der Waals surface area contributed by atoms with Gasteiger partial charge in [0.1, 0.15) is 11.6 Å². The van der Waals surface area contributed by atoms with Crippen LogP contribution in [0.4, 0.5) is 19.3 Å². The van der Waals surface area contributed by atoms with Crippen molar-refractivity contribution < 1.29 is 13.6 Å². The number of urea groups is 1. The van der Waals surface area contributed by atoms with Gasteiger partial charge in [0.15, 0.2) is 0 Å². The van der Waals surface area contributed by atoms with Crippen LogP contribution in [0.5, 0.6) is 0 Å². The third-order valence-corrected chi connectivity index (χ3v) is 4.28. The third-order valence-electron chi connectivity index (χ3n) is 3.99. The van der Waals surface area contributed by atoms with E-state index >= 15 is 0 Å². The van der Waals surface area contributed by atoms with E-state index in [-0.39, 0.29) is 22.9 Å². The Bertz CT molecular complexity index is 766. The molecule has 0 saturated heterocycles. The number of nitrogens with one attached hydrogen (secondary N) is 1. The van der Waals surface area contributed by atoms with Crippen LogP contribution in [0.2, 0.25) is 5.02 Å². The molecule has 120 valence electrons. The van der Waals surface area contributed by atoms with Gasteiger partial charge < -0.3 is 10.2 Å². The molecule has 1 aliphatic heterocycles. The fraction of sp³-hybridized carbons (Fsp3) is 0.235. The number of benzene rings is 2.